The quantitative estimate of drug-likeness (QED) is 0.633. The number of ether oxygens (including phenoxy) is 1. The third kappa shape index (κ3) is 3.40. The first kappa shape index (κ1) is 18.3. The molecular formula is C25H25NO2. The Morgan fingerprint density at radius 1 is 1.00 bits per heavy atom. The first-order valence-corrected chi connectivity index (χ1v) is 9.75. The molecule has 4 rings (SSSR count). The number of fused-ring (bicyclic) bond motifs is 2. The van der Waals surface area contributed by atoms with E-state index in [1.54, 1.807) is 0 Å². The Balaban J connectivity index is 1.80. The summed E-state index contributed by atoms with van der Waals surface area (Å²) < 4.78 is 6.04. The smallest absolute Gasteiger partial charge is 0.236 e. The number of hydrogen-bond acceptors (Lipinski definition) is 2. The molecule has 1 atom stereocenters. The van der Waals surface area contributed by atoms with Crippen LogP contribution in [0.25, 0.3) is 0 Å². The maximum absolute atomic E-state index is 13.6. The Bertz CT molecular complexity index is 1020. The van der Waals surface area contributed by atoms with Gasteiger partial charge < -0.3 is 10.1 Å². The van der Waals surface area contributed by atoms with Crippen molar-refractivity contribution in [1.29, 1.82) is 0 Å². The van der Waals surface area contributed by atoms with Gasteiger partial charge in [0.15, 0.2) is 0 Å². The molecule has 0 spiro atoms. The van der Waals surface area contributed by atoms with Crippen LogP contribution in [0.5, 0.6) is 5.75 Å². The first-order valence-electron chi connectivity index (χ1n) is 9.75. The van der Waals surface area contributed by atoms with Crippen LogP contribution in [0.1, 0.15) is 53.5 Å². The Morgan fingerprint density at radius 2 is 1.75 bits per heavy atom. The molecule has 0 bridgehead atoms. The Hall–Kier alpha value is -3.07. The largest absolute Gasteiger partial charge is 0.489 e. The molecule has 0 aromatic heterocycles. The molecule has 3 heteroatoms. The summed E-state index contributed by atoms with van der Waals surface area (Å²) >= 11 is 0. The standard InChI is InChI=1S/C25H25NO2/c1-16(2)19-9-6-7-11-22(19)26-25(27)24-20-10-5-4-8-18(20)15-28-23-13-12-17(3)14-21(23)24/h4-14,16,24H,15H2,1-3H3,(H,26,27). The lowest BCUT2D eigenvalue weighted by Gasteiger charge is -2.21. The van der Waals surface area contributed by atoms with Crippen LogP contribution in [0, 0.1) is 6.92 Å². The molecule has 1 heterocycles. The molecule has 1 unspecified atom stereocenters. The van der Waals surface area contributed by atoms with Crippen molar-refractivity contribution in [3.05, 3.63) is 94.5 Å². The molecule has 0 radical (unpaired) electrons. The topological polar surface area (TPSA) is 38.3 Å². The molecule has 1 aliphatic rings. The third-order valence-electron chi connectivity index (χ3n) is 5.33. The number of rotatable bonds is 3. The van der Waals surface area contributed by atoms with E-state index in [4.69, 9.17) is 4.74 Å². The van der Waals surface area contributed by atoms with Crippen LogP contribution in [0.4, 0.5) is 5.69 Å². The van der Waals surface area contributed by atoms with Gasteiger partial charge in [-0.25, -0.2) is 0 Å². The number of hydrogen-bond donors (Lipinski definition) is 1. The molecule has 1 aliphatic heterocycles. The van der Waals surface area contributed by atoms with Crippen molar-refractivity contribution < 1.29 is 9.53 Å². The molecule has 1 amide bonds. The second kappa shape index (κ2) is 7.51. The number of benzene rings is 3. The second-order valence-electron chi connectivity index (χ2n) is 7.69. The molecular weight excluding hydrogens is 346 g/mol. The maximum Gasteiger partial charge on any atom is 0.236 e. The highest BCUT2D eigenvalue weighted by atomic mass is 16.5. The van der Waals surface area contributed by atoms with Gasteiger partial charge in [-0.1, -0.05) is 74.0 Å². The number of para-hydroxylation sites is 1. The van der Waals surface area contributed by atoms with Crippen LogP contribution in [0.3, 0.4) is 0 Å². The van der Waals surface area contributed by atoms with Gasteiger partial charge in [0.1, 0.15) is 12.4 Å². The van der Waals surface area contributed by atoms with E-state index in [1.165, 1.54) is 0 Å². The van der Waals surface area contributed by atoms with E-state index in [2.05, 4.69) is 31.3 Å². The van der Waals surface area contributed by atoms with E-state index < -0.39 is 5.92 Å². The van der Waals surface area contributed by atoms with Crippen LogP contribution >= 0.6 is 0 Å². The zero-order valence-corrected chi connectivity index (χ0v) is 16.5. The molecule has 0 aliphatic carbocycles. The fraction of sp³-hybridized carbons (Fsp3) is 0.240. The average Bonchev–Trinajstić information content (AvgIpc) is 2.84. The van der Waals surface area contributed by atoms with Gasteiger partial charge >= 0.3 is 0 Å². The first-order chi connectivity index (χ1) is 13.5. The van der Waals surface area contributed by atoms with Gasteiger partial charge in [-0.2, -0.15) is 0 Å². The molecule has 0 fully saturated rings. The molecule has 142 valence electrons. The minimum absolute atomic E-state index is 0.0297. The Morgan fingerprint density at radius 3 is 2.57 bits per heavy atom. The Kier molecular flexibility index (Phi) is 4.91. The van der Waals surface area contributed by atoms with Crippen LogP contribution in [0.15, 0.2) is 66.7 Å². The van der Waals surface area contributed by atoms with Gasteiger partial charge in [-0.05, 0) is 41.7 Å². The summed E-state index contributed by atoms with van der Waals surface area (Å²) in [6.07, 6.45) is 0. The molecule has 0 saturated heterocycles. The van der Waals surface area contributed by atoms with E-state index in [-0.39, 0.29) is 5.91 Å². The van der Waals surface area contributed by atoms with Gasteiger partial charge in [-0.3, -0.25) is 4.79 Å². The zero-order valence-electron chi connectivity index (χ0n) is 16.5. The van der Waals surface area contributed by atoms with Crippen molar-refractivity contribution in [2.75, 3.05) is 5.32 Å². The van der Waals surface area contributed by atoms with E-state index in [9.17, 15) is 4.79 Å². The van der Waals surface area contributed by atoms with Crippen molar-refractivity contribution in [3.8, 4) is 5.75 Å². The molecule has 3 aromatic rings. The maximum atomic E-state index is 13.6. The van der Waals surface area contributed by atoms with Crippen molar-refractivity contribution in [2.24, 2.45) is 0 Å². The summed E-state index contributed by atoms with van der Waals surface area (Å²) in [4.78, 5) is 13.6. The van der Waals surface area contributed by atoms with Gasteiger partial charge in [-0.15, -0.1) is 0 Å². The van der Waals surface area contributed by atoms with E-state index in [0.29, 0.717) is 12.5 Å². The summed E-state index contributed by atoms with van der Waals surface area (Å²) in [6.45, 7) is 6.79. The van der Waals surface area contributed by atoms with Crippen LogP contribution in [0.2, 0.25) is 0 Å². The predicted molar refractivity (Wildman–Crippen MR) is 113 cm³/mol. The van der Waals surface area contributed by atoms with Crippen molar-refractivity contribution in [2.45, 2.75) is 39.2 Å². The molecule has 0 saturated carbocycles. The van der Waals surface area contributed by atoms with Gasteiger partial charge in [0, 0.05) is 11.3 Å². The normalized spacial score (nSPS) is 15.2. The van der Waals surface area contributed by atoms with Crippen LogP contribution in [-0.4, -0.2) is 5.91 Å². The lowest BCUT2D eigenvalue weighted by molar-refractivity contribution is -0.116. The summed E-state index contributed by atoms with van der Waals surface area (Å²) in [5, 5.41) is 3.20. The average molecular weight is 371 g/mol. The van der Waals surface area contributed by atoms with Gasteiger partial charge in [0.25, 0.3) is 0 Å². The molecule has 28 heavy (non-hydrogen) atoms. The minimum Gasteiger partial charge on any atom is -0.489 e. The number of nitrogens with one attached hydrogen (secondary N) is 1. The van der Waals surface area contributed by atoms with Crippen LogP contribution < -0.4 is 10.1 Å². The summed E-state index contributed by atoms with van der Waals surface area (Å²) in [5.74, 6) is 0.668. The van der Waals surface area contributed by atoms with Crippen molar-refractivity contribution >= 4 is 11.6 Å². The zero-order chi connectivity index (χ0) is 19.7. The monoisotopic (exact) mass is 371 g/mol. The van der Waals surface area contributed by atoms with Crippen molar-refractivity contribution in [1.82, 2.24) is 0 Å². The van der Waals surface area contributed by atoms with E-state index in [0.717, 1.165) is 39.3 Å². The number of carbonyl (C=O) groups excluding carboxylic acids is 1. The van der Waals surface area contributed by atoms with E-state index in [1.807, 2.05) is 61.5 Å². The third-order valence-corrected chi connectivity index (χ3v) is 5.33. The van der Waals surface area contributed by atoms with Crippen molar-refractivity contribution in [3.63, 3.8) is 0 Å². The minimum atomic E-state index is -0.409. The number of anilines is 1. The molecule has 1 N–H and O–H groups in total. The SMILES string of the molecule is Cc1ccc2c(c1)C(C(=O)Nc1ccccc1C(C)C)c1ccccc1CO2. The Labute approximate surface area is 166 Å². The lowest BCUT2D eigenvalue weighted by atomic mass is 9.87. The van der Waals surface area contributed by atoms with Crippen LogP contribution in [-0.2, 0) is 11.4 Å². The lowest BCUT2D eigenvalue weighted by Crippen LogP contribution is -2.23. The number of amides is 1. The highest BCUT2D eigenvalue weighted by molar-refractivity contribution is 5.99. The van der Waals surface area contributed by atoms with Gasteiger partial charge in [0.2, 0.25) is 5.91 Å². The fourth-order valence-electron chi connectivity index (χ4n) is 3.90. The fourth-order valence-corrected chi connectivity index (χ4v) is 3.90. The number of aryl methyl sites for hydroxylation is 1. The number of carbonyl (C=O) groups is 1. The predicted octanol–water partition coefficient (Wildman–Crippen LogP) is 5.78. The highest BCUT2D eigenvalue weighted by Gasteiger charge is 2.31. The van der Waals surface area contributed by atoms with Gasteiger partial charge in [0.05, 0.1) is 5.92 Å². The molecule has 3 nitrogen and oxygen atoms in total. The summed E-state index contributed by atoms with van der Waals surface area (Å²) in [7, 11) is 0. The summed E-state index contributed by atoms with van der Waals surface area (Å²) in [6, 6.07) is 22.1. The van der Waals surface area contributed by atoms with E-state index >= 15 is 0 Å². The highest BCUT2D eigenvalue weighted by Crippen LogP contribution is 2.39. The summed E-state index contributed by atoms with van der Waals surface area (Å²) in [5.41, 5.74) is 6.10. The second-order valence-corrected chi connectivity index (χ2v) is 7.69. The molecule has 3 aromatic carbocycles.